The van der Waals surface area contributed by atoms with Crippen LogP contribution in [-0.4, -0.2) is 12.5 Å². The van der Waals surface area contributed by atoms with Crippen LogP contribution in [0.15, 0.2) is 48.5 Å². The van der Waals surface area contributed by atoms with Crippen LogP contribution in [0.25, 0.3) is 0 Å². The van der Waals surface area contributed by atoms with E-state index in [1.807, 2.05) is 24.3 Å². The molecule has 1 amide bonds. The molecule has 2 nitrogen and oxygen atoms in total. The highest BCUT2D eigenvalue weighted by Gasteiger charge is 2.33. The second-order valence-corrected chi connectivity index (χ2v) is 5.99. The van der Waals surface area contributed by atoms with Crippen molar-refractivity contribution < 1.29 is 18.0 Å². The van der Waals surface area contributed by atoms with Gasteiger partial charge in [-0.2, -0.15) is 13.2 Å². The van der Waals surface area contributed by atoms with Crippen LogP contribution in [0, 0.1) is 0 Å². The Morgan fingerprint density at radius 1 is 1.08 bits per heavy atom. The largest absolute Gasteiger partial charge is 0.416 e. The lowest BCUT2D eigenvalue weighted by atomic mass is 10.00. The quantitative estimate of drug-likeness (QED) is 0.897. The fraction of sp³-hybridized carbons (Fsp3) is 0.316. The van der Waals surface area contributed by atoms with E-state index < -0.39 is 11.7 Å². The molecular weight excluding hydrogens is 315 g/mol. The summed E-state index contributed by atoms with van der Waals surface area (Å²) in [4.78, 5) is 12.3. The number of alkyl halides is 3. The van der Waals surface area contributed by atoms with E-state index in [0.717, 1.165) is 24.5 Å². The SMILES string of the molecule is O=C(NCCc1ccccc1C(F)(F)F)[C@H]1CCc2ccccc21. The lowest BCUT2D eigenvalue weighted by Gasteiger charge is -2.15. The number of rotatable bonds is 4. The van der Waals surface area contributed by atoms with Gasteiger partial charge in [-0.15, -0.1) is 0 Å². The van der Waals surface area contributed by atoms with Gasteiger partial charge >= 0.3 is 6.18 Å². The van der Waals surface area contributed by atoms with Crippen molar-refractivity contribution in [1.29, 1.82) is 0 Å². The fourth-order valence-electron chi connectivity index (χ4n) is 3.29. The summed E-state index contributed by atoms with van der Waals surface area (Å²) in [5, 5.41) is 2.79. The molecule has 0 aromatic heterocycles. The van der Waals surface area contributed by atoms with Crippen molar-refractivity contribution >= 4 is 5.91 Å². The zero-order valence-corrected chi connectivity index (χ0v) is 13.1. The number of aryl methyl sites for hydroxylation is 1. The van der Waals surface area contributed by atoms with Gasteiger partial charge in [0.25, 0.3) is 0 Å². The summed E-state index contributed by atoms with van der Waals surface area (Å²) in [6.45, 7) is 0.199. The highest BCUT2D eigenvalue weighted by Crippen LogP contribution is 2.33. The summed E-state index contributed by atoms with van der Waals surface area (Å²) in [5.41, 5.74) is 1.79. The van der Waals surface area contributed by atoms with Crippen LogP contribution in [0.3, 0.4) is 0 Å². The summed E-state index contributed by atoms with van der Waals surface area (Å²) < 4.78 is 38.9. The van der Waals surface area contributed by atoms with E-state index in [9.17, 15) is 18.0 Å². The van der Waals surface area contributed by atoms with Crippen LogP contribution in [-0.2, 0) is 23.8 Å². The lowest BCUT2D eigenvalue weighted by molar-refractivity contribution is -0.138. The number of halogens is 3. The minimum Gasteiger partial charge on any atom is -0.355 e. The topological polar surface area (TPSA) is 29.1 Å². The van der Waals surface area contributed by atoms with E-state index in [1.54, 1.807) is 6.07 Å². The van der Waals surface area contributed by atoms with E-state index in [4.69, 9.17) is 0 Å². The Morgan fingerprint density at radius 3 is 2.58 bits per heavy atom. The normalized spacial score (nSPS) is 16.7. The molecule has 1 N–H and O–H groups in total. The molecule has 24 heavy (non-hydrogen) atoms. The van der Waals surface area contributed by atoms with Crippen LogP contribution in [0.1, 0.15) is 34.6 Å². The van der Waals surface area contributed by atoms with Gasteiger partial charge in [-0.1, -0.05) is 42.5 Å². The van der Waals surface area contributed by atoms with Crippen molar-refractivity contribution in [3.8, 4) is 0 Å². The van der Waals surface area contributed by atoms with E-state index in [2.05, 4.69) is 5.32 Å². The molecule has 126 valence electrons. The maximum absolute atomic E-state index is 13.0. The van der Waals surface area contributed by atoms with Crippen molar-refractivity contribution in [2.75, 3.05) is 6.54 Å². The van der Waals surface area contributed by atoms with E-state index >= 15 is 0 Å². The van der Waals surface area contributed by atoms with Crippen molar-refractivity contribution in [2.45, 2.75) is 31.4 Å². The Hall–Kier alpha value is -2.30. The van der Waals surface area contributed by atoms with Crippen LogP contribution in [0.4, 0.5) is 13.2 Å². The number of fused-ring (bicyclic) bond motifs is 1. The molecule has 0 aliphatic heterocycles. The van der Waals surface area contributed by atoms with E-state index in [1.165, 1.54) is 17.7 Å². The number of carbonyl (C=O) groups excluding carboxylic acids is 1. The second kappa shape index (κ2) is 6.67. The number of hydrogen-bond donors (Lipinski definition) is 1. The average Bonchev–Trinajstić information content (AvgIpc) is 2.98. The highest BCUT2D eigenvalue weighted by atomic mass is 19.4. The van der Waals surface area contributed by atoms with Crippen molar-refractivity contribution in [2.24, 2.45) is 0 Å². The highest BCUT2D eigenvalue weighted by molar-refractivity contribution is 5.84. The lowest BCUT2D eigenvalue weighted by Crippen LogP contribution is -2.30. The standard InChI is InChI=1S/C19H18F3NO/c20-19(21,22)17-8-4-2-6-14(17)11-12-23-18(24)16-10-9-13-5-1-3-7-15(13)16/h1-8,16H,9-12H2,(H,23,24)/t16-/m0/s1. The zero-order chi connectivity index (χ0) is 17.2. The molecule has 3 rings (SSSR count). The number of benzene rings is 2. The third-order valence-electron chi connectivity index (χ3n) is 4.47. The molecule has 5 heteroatoms. The smallest absolute Gasteiger partial charge is 0.355 e. The molecule has 0 bridgehead atoms. The molecule has 0 fully saturated rings. The number of amides is 1. The second-order valence-electron chi connectivity index (χ2n) is 5.99. The zero-order valence-electron chi connectivity index (χ0n) is 13.1. The van der Waals surface area contributed by atoms with Crippen molar-refractivity contribution in [3.05, 3.63) is 70.8 Å². The van der Waals surface area contributed by atoms with Gasteiger partial charge in [0.2, 0.25) is 5.91 Å². The van der Waals surface area contributed by atoms with E-state index in [0.29, 0.717) is 0 Å². The Bertz CT molecular complexity index is 739. The minimum absolute atomic E-state index is 0.107. The maximum atomic E-state index is 13.0. The predicted octanol–water partition coefficient (Wildman–Crippen LogP) is 4.09. The van der Waals surface area contributed by atoms with Crippen LogP contribution in [0.5, 0.6) is 0 Å². The van der Waals surface area contributed by atoms with Gasteiger partial charge in [0.15, 0.2) is 0 Å². The van der Waals surface area contributed by atoms with Crippen molar-refractivity contribution in [1.82, 2.24) is 5.32 Å². The molecule has 1 aliphatic rings. The summed E-state index contributed by atoms with van der Waals surface area (Å²) in [5.74, 6) is -0.302. The molecule has 0 spiro atoms. The Labute approximate surface area is 138 Å². The Morgan fingerprint density at radius 2 is 1.79 bits per heavy atom. The molecule has 0 heterocycles. The third kappa shape index (κ3) is 3.45. The first-order chi connectivity index (χ1) is 11.5. The van der Waals surface area contributed by atoms with Gasteiger partial charge in [-0.25, -0.2) is 0 Å². The molecule has 0 radical (unpaired) electrons. The summed E-state index contributed by atoms with van der Waals surface area (Å²) in [7, 11) is 0. The summed E-state index contributed by atoms with van der Waals surface area (Å²) >= 11 is 0. The average molecular weight is 333 g/mol. The van der Waals surface area contributed by atoms with Gasteiger partial charge in [0.1, 0.15) is 0 Å². The van der Waals surface area contributed by atoms with Crippen molar-refractivity contribution in [3.63, 3.8) is 0 Å². The number of carbonyl (C=O) groups is 1. The third-order valence-corrected chi connectivity index (χ3v) is 4.47. The fourth-order valence-corrected chi connectivity index (χ4v) is 3.29. The Balaban J connectivity index is 1.61. The van der Waals surface area contributed by atoms with Crippen LogP contribution in [0.2, 0.25) is 0 Å². The monoisotopic (exact) mass is 333 g/mol. The van der Waals surface area contributed by atoms with Gasteiger partial charge in [0, 0.05) is 6.54 Å². The molecule has 0 saturated carbocycles. The maximum Gasteiger partial charge on any atom is 0.416 e. The number of hydrogen-bond acceptors (Lipinski definition) is 1. The molecule has 2 aromatic rings. The van der Waals surface area contributed by atoms with Gasteiger partial charge in [-0.05, 0) is 42.0 Å². The molecule has 2 aromatic carbocycles. The minimum atomic E-state index is -4.37. The molecule has 0 saturated heterocycles. The van der Waals surface area contributed by atoms with E-state index in [-0.39, 0.29) is 30.4 Å². The van der Waals surface area contributed by atoms with Gasteiger partial charge in [-0.3, -0.25) is 4.79 Å². The summed E-state index contributed by atoms with van der Waals surface area (Å²) in [6.07, 6.45) is -2.59. The first-order valence-electron chi connectivity index (χ1n) is 7.97. The molecular formula is C19H18F3NO. The predicted molar refractivity (Wildman–Crippen MR) is 85.7 cm³/mol. The molecule has 0 unspecified atom stereocenters. The van der Waals surface area contributed by atoms with Crippen LogP contribution < -0.4 is 5.32 Å². The van der Waals surface area contributed by atoms with Gasteiger partial charge in [0.05, 0.1) is 11.5 Å². The molecule has 1 atom stereocenters. The van der Waals surface area contributed by atoms with Crippen LogP contribution >= 0.6 is 0 Å². The summed E-state index contributed by atoms with van der Waals surface area (Å²) in [6, 6.07) is 13.3. The number of nitrogens with one attached hydrogen (secondary N) is 1. The first-order valence-corrected chi connectivity index (χ1v) is 7.97. The first kappa shape index (κ1) is 16.6. The van der Waals surface area contributed by atoms with Gasteiger partial charge < -0.3 is 5.32 Å². The molecule has 1 aliphatic carbocycles. The Kier molecular flexibility index (Phi) is 4.60.